The van der Waals surface area contributed by atoms with Crippen molar-refractivity contribution in [3.63, 3.8) is 0 Å². The van der Waals surface area contributed by atoms with Crippen molar-refractivity contribution in [2.24, 2.45) is 0 Å². The number of halogens is 6. The van der Waals surface area contributed by atoms with Gasteiger partial charge in [0, 0.05) is 34.7 Å². The Hall–Kier alpha value is -0.560. The smallest absolute Gasteiger partial charge is 0.338 e. The molecule has 17 nitrogen and oxygen atoms in total. The molecular formula is C31H37I6N5O12. The van der Waals surface area contributed by atoms with Crippen LogP contribution in [-0.2, 0) is 23.9 Å². The molecule has 23 heteroatoms. The number of nitrogens with one attached hydrogen (secondary N) is 4. The number of hydrogen-bond donors (Lipinski definition) is 8. The van der Waals surface area contributed by atoms with Crippen molar-refractivity contribution < 1.29 is 59.4 Å². The van der Waals surface area contributed by atoms with Crippen LogP contribution in [0.5, 0.6) is 0 Å². The van der Waals surface area contributed by atoms with E-state index in [1.807, 2.05) is 136 Å². The fourth-order valence-electron chi connectivity index (χ4n) is 4.99. The zero-order valence-electron chi connectivity index (χ0n) is 29.4. The molecule has 0 aliphatic carbocycles. The van der Waals surface area contributed by atoms with Crippen LogP contribution >= 0.6 is 136 Å². The van der Waals surface area contributed by atoms with Gasteiger partial charge in [0.2, 0.25) is 23.6 Å². The molecule has 1 aliphatic heterocycles. The molecule has 0 aromatic heterocycles. The Morgan fingerprint density at radius 1 is 0.704 bits per heavy atom. The van der Waals surface area contributed by atoms with Crippen molar-refractivity contribution >= 4 is 194 Å². The second-order valence-corrected chi connectivity index (χ2v) is 18.4. The molecule has 54 heavy (non-hydrogen) atoms. The number of hydrogen-bond acceptors (Lipinski definition) is 10. The van der Waals surface area contributed by atoms with Gasteiger partial charge in [0.15, 0.2) is 0 Å². The predicted octanol–water partition coefficient (Wildman–Crippen LogP) is 3.72. The van der Waals surface area contributed by atoms with Gasteiger partial charge < -0.3 is 56.8 Å². The average molecular weight is 1430 g/mol. The zero-order valence-corrected chi connectivity index (χ0v) is 42.3. The van der Waals surface area contributed by atoms with E-state index in [9.17, 15) is 49.2 Å². The summed E-state index contributed by atoms with van der Waals surface area (Å²) in [5.74, 6) is -2.93. The van der Waals surface area contributed by atoms with Gasteiger partial charge in [0.05, 0.1) is 73.5 Å². The number of amides is 5. The third-order valence-electron chi connectivity index (χ3n) is 7.51. The Balaban J connectivity index is 0.000000596. The Morgan fingerprint density at radius 3 is 1.48 bits per heavy atom. The number of rotatable bonds is 8. The number of aromatic carboxylic acids is 1. The molecule has 2 aromatic rings. The van der Waals surface area contributed by atoms with Gasteiger partial charge >= 0.3 is 5.97 Å². The van der Waals surface area contributed by atoms with Gasteiger partial charge in [-0.3, -0.25) is 24.0 Å². The van der Waals surface area contributed by atoms with Crippen molar-refractivity contribution in [1.29, 1.82) is 0 Å². The Labute approximate surface area is 392 Å². The highest BCUT2D eigenvalue weighted by molar-refractivity contribution is 14.1. The van der Waals surface area contributed by atoms with Crippen LogP contribution in [0.2, 0.25) is 0 Å². The highest BCUT2D eigenvalue weighted by Gasteiger charge is 2.49. The summed E-state index contributed by atoms with van der Waals surface area (Å²) in [6, 6.07) is -1.01. The van der Waals surface area contributed by atoms with E-state index >= 15 is 0 Å². The second kappa shape index (κ2) is 21.4. The molecule has 0 saturated carbocycles. The standard InChI is InChI=1S/C20H26I3N3O7.C11H9I3N2O4.H2O/c1-7(28)24-14-11(21)10(12(22)15(13(14)23)26(5)8(2)29)19(32)25-18-17(31)16(30)9(6-27)33-20(18,3)4;1-3(17)15-9-6(12)5(11(19)20)7(13)10(8(9)14)16-4(2)18;/h9,16-18,27,30-31H,6H2,1-5H3,(H,24,28)(H,25,32);1-2H3,(H,15,17)(H,16,18)(H,19,20);1H2. The molecule has 3 rings (SSSR count). The van der Waals surface area contributed by atoms with Crippen LogP contribution in [0.4, 0.5) is 22.7 Å². The summed E-state index contributed by atoms with van der Waals surface area (Å²) in [7, 11) is 1.57. The summed E-state index contributed by atoms with van der Waals surface area (Å²) >= 11 is 11.7. The molecule has 10 N–H and O–H groups in total. The molecule has 4 atom stereocenters. The lowest BCUT2D eigenvalue weighted by atomic mass is 9.85. The summed E-state index contributed by atoms with van der Waals surface area (Å²) < 4.78 is 8.67. The first-order chi connectivity index (χ1) is 24.3. The fourth-order valence-corrected chi connectivity index (χ4v) is 13.8. The lowest BCUT2D eigenvalue weighted by molar-refractivity contribution is -0.225. The van der Waals surface area contributed by atoms with Gasteiger partial charge in [0.1, 0.15) is 18.3 Å². The van der Waals surface area contributed by atoms with Gasteiger partial charge in [-0.2, -0.15) is 0 Å². The van der Waals surface area contributed by atoms with Gasteiger partial charge in [-0.05, 0) is 149 Å². The lowest BCUT2D eigenvalue weighted by Crippen LogP contribution is -2.68. The minimum Gasteiger partial charge on any atom is -0.478 e. The van der Waals surface area contributed by atoms with E-state index in [0.717, 1.165) is 0 Å². The third-order valence-corrected chi connectivity index (χ3v) is 13.9. The molecule has 1 saturated heterocycles. The first-order valence-corrected chi connectivity index (χ1v) is 21.5. The van der Waals surface area contributed by atoms with E-state index in [2.05, 4.69) is 21.3 Å². The van der Waals surface area contributed by atoms with Crippen molar-refractivity contribution in [3.05, 3.63) is 32.5 Å². The summed E-state index contributed by atoms with van der Waals surface area (Å²) in [5.41, 5.74) is 0.766. The number of carbonyl (C=O) groups is 6. The summed E-state index contributed by atoms with van der Waals surface area (Å²) in [4.78, 5) is 72.8. The van der Waals surface area contributed by atoms with Crippen molar-refractivity contribution in [2.75, 3.05) is 34.5 Å². The molecule has 300 valence electrons. The average Bonchev–Trinajstić information content (AvgIpc) is 3.03. The third kappa shape index (κ3) is 12.0. The van der Waals surface area contributed by atoms with Crippen LogP contribution < -0.4 is 26.2 Å². The minimum absolute atomic E-state index is 0. The number of anilines is 4. The second-order valence-electron chi connectivity index (χ2n) is 11.9. The molecule has 0 spiro atoms. The first-order valence-electron chi connectivity index (χ1n) is 15.0. The molecular weight excluding hydrogens is 1400 g/mol. The predicted molar refractivity (Wildman–Crippen MR) is 251 cm³/mol. The minimum atomic E-state index is -1.41. The quantitative estimate of drug-likeness (QED) is 0.177. The summed E-state index contributed by atoms with van der Waals surface area (Å²) in [6.45, 7) is 8.18. The molecule has 0 bridgehead atoms. The number of benzene rings is 2. The van der Waals surface area contributed by atoms with Gasteiger partial charge in [-0.25, -0.2) is 4.79 Å². The molecule has 0 radical (unpaired) electrons. The van der Waals surface area contributed by atoms with Crippen LogP contribution in [-0.4, -0.2) is 105 Å². The number of carboxylic acid groups (broad SMARTS) is 1. The summed E-state index contributed by atoms with van der Waals surface area (Å²) in [6.07, 6.45) is -3.80. The molecule has 1 aliphatic rings. The molecule has 1 heterocycles. The van der Waals surface area contributed by atoms with Crippen LogP contribution in [0.3, 0.4) is 0 Å². The number of ether oxygens (including phenoxy) is 1. The highest BCUT2D eigenvalue weighted by atomic mass is 127. The van der Waals surface area contributed by atoms with E-state index in [4.69, 9.17) is 4.74 Å². The van der Waals surface area contributed by atoms with Gasteiger partial charge in [-0.15, -0.1) is 0 Å². The maximum atomic E-state index is 13.5. The lowest BCUT2D eigenvalue weighted by Gasteiger charge is -2.47. The van der Waals surface area contributed by atoms with Crippen LogP contribution in [0, 0.1) is 21.4 Å². The van der Waals surface area contributed by atoms with Gasteiger partial charge in [-0.1, -0.05) is 0 Å². The Bertz CT molecular complexity index is 1800. The van der Waals surface area contributed by atoms with Crippen molar-refractivity contribution in [3.8, 4) is 0 Å². The Morgan fingerprint density at radius 2 is 1.11 bits per heavy atom. The van der Waals surface area contributed by atoms with E-state index < -0.39 is 48.4 Å². The molecule has 1 fully saturated rings. The largest absolute Gasteiger partial charge is 0.478 e. The van der Waals surface area contributed by atoms with Gasteiger partial charge in [0.25, 0.3) is 5.91 Å². The Kier molecular flexibility index (Phi) is 20.4. The van der Waals surface area contributed by atoms with Crippen molar-refractivity contribution in [2.45, 2.75) is 71.5 Å². The summed E-state index contributed by atoms with van der Waals surface area (Å²) in [5, 5.41) is 50.4. The maximum Gasteiger partial charge on any atom is 0.338 e. The van der Waals surface area contributed by atoms with Crippen LogP contribution in [0.15, 0.2) is 0 Å². The van der Waals surface area contributed by atoms with E-state index in [1.54, 1.807) is 20.9 Å². The van der Waals surface area contributed by atoms with E-state index in [0.29, 0.717) is 44.2 Å². The van der Waals surface area contributed by atoms with Crippen LogP contribution in [0.25, 0.3) is 0 Å². The normalized spacial score (nSPS) is 18.5. The maximum absolute atomic E-state index is 13.5. The van der Waals surface area contributed by atoms with Crippen molar-refractivity contribution in [1.82, 2.24) is 5.32 Å². The molecule has 2 aromatic carbocycles. The fraction of sp³-hybridized carbons (Fsp3) is 0.419. The number of nitrogens with zero attached hydrogens (tertiary/aromatic N) is 1. The number of aliphatic hydroxyl groups excluding tert-OH is 3. The topological polar surface area (TPSA) is 275 Å². The zero-order chi connectivity index (χ0) is 41.0. The first kappa shape index (κ1) is 51.5. The monoisotopic (exact) mass is 1430 g/mol. The van der Waals surface area contributed by atoms with E-state index in [-0.39, 0.29) is 40.2 Å². The number of aliphatic hydroxyl groups is 3. The highest BCUT2D eigenvalue weighted by Crippen LogP contribution is 2.41. The van der Waals surface area contributed by atoms with E-state index in [1.165, 1.54) is 32.6 Å². The molecule has 4 unspecified atom stereocenters. The SMILES string of the molecule is CC(=O)Nc1c(I)c(C(=O)NC2C(O)C(O)C(CO)OC2(C)C)c(I)c(N(C)C(C)=O)c1I.CC(=O)Nc1c(I)c(NC(C)=O)c(I)c(C(=O)O)c1I.O. The number of carbonyl (C=O) groups excluding carboxylic acids is 5. The van der Waals surface area contributed by atoms with Crippen LogP contribution in [0.1, 0.15) is 62.3 Å². The number of carboxylic acids is 1. The molecule has 5 amide bonds.